The van der Waals surface area contributed by atoms with Crippen LogP contribution < -0.4 is 29.6 Å². The fourth-order valence-electron chi connectivity index (χ4n) is 8.35. The summed E-state index contributed by atoms with van der Waals surface area (Å²) in [6, 6.07) is 27.0. The normalized spacial score (nSPS) is 12.1. The molecule has 0 radical (unpaired) electrons. The third-order valence-electron chi connectivity index (χ3n) is 12.0. The highest BCUT2D eigenvalue weighted by atomic mass is 32.2. The van der Waals surface area contributed by atoms with Gasteiger partial charge in [0.25, 0.3) is 0 Å². The number of rotatable bonds is 21. The maximum absolute atomic E-state index is 16.6. The number of carbonyl (C=O) groups excluding carboxylic acids is 2. The van der Waals surface area contributed by atoms with E-state index in [9.17, 15) is 9.59 Å². The highest BCUT2D eigenvalue weighted by molar-refractivity contribution is 7.92. The molecule has 0 saturated heterocycles. The Balaban J connectivity index is 1.39. The van der Waals surface area contributed by atoms with Crippen molar-refractivity contribution in [1.29, 1.82) is 0 Å². The second-order valence-corrected chi connectivity index (χ2v) is 23.8. The van der Waals surface area contributed by atoms with E-state index in [2.05, 4.69) is 45.8 Å². The van der Waals surface area contributed by atoms with Crippen LogP contribution in [0.2, 0.25) is 0 Å². The van der Waals surface area contributed by atoms with Crippen molar-refractivity contribution in [3.05, 3.63) is 145 Å². The van der Waals surface area contributed by atoms with Gasteiger partial charge in [-0.05, 0) is 140 Å². The van der Waals surface area contributed by atoms with Crippen LogP contribution in [-0.4, -0.2) is 125 Å². The van der Waals surface area contributed by atoms with Crippen LogP contribution in [0.15, 0.2) is 138 Å². The molecule has 4 heterocycles. The van der Waals surface area contributed by atoms with Crippen LogP contribution in [0.3, 0.4) is 0 Å². The molecule has 2 amide bonds. The minimum Gasteiger partial charge on any atom is -0.497 e. The van der Waals surface area contributed by atoms with Crippen molar-refractivity contribution in [1.82, 2.24) is 59.2 Å². The van der Waals surface area contributed by atoms with E-state index in [4.69, 9.17) is 23.7 Å². The fraction of sp³-hybridized carbons (Fsp3) is 0.309. The van der Waals surface area contributed by atoms with Gasteiger partial charge >= 0.3 is 12.2 Å². The lowest BCUT2D eigenvalue weighted by molar-refractivity contribution is 0.0517. The SMILES string of the molecule is COc1ccc(CN(Cc2ccc(OC)cc2)S(=O)(=O)c2c(S(=O)(=O)NC(CNC(=O)OC(C)(C)C)CNC(=O)OC(C)(C)C)ccc(-c3ccnc(-c4cnc5ncccn45)c3)c2-c2nnnn2Cc2ccc(OC)cc2)cc1. The number of tetrazole rings is 1. The number of benzene rings is 4. The van der Waals surface area contributed by atoms with Crippen LogP contribution in [-0.2, 0) is 49.2 Å². The number of hydrogen-bond donors (Lipinski definition) is 3. The van der Waals surface area contributed by atoms with Crippen molar-refractivity contribution in [2.75, 3.05) is 34.4 Å². The van der Waals surface area contributed by atoms with Crippen LogP contribution in [0.4, 0.5) is 9.59 Å². The smallest absolute Gasteiger partial charge is 0.407 e. The molecule has 0 atom stereocenters. The lowest BCUT2D eigenvalue weighted by atomic mass is 9.98. The van der Waals surface area contributed by atoms with Crippen LogP contribution in [0.1, 0.15) is 58.2 Å². The van der Waals surface area contributed by atoms with E-state index in [0.717, 1.165) is 4.31 Å². The second kappa shape index (κ2) is 24.2. The lowest BCUT2D eigenvalue weighted by Gasteiger charge is -2.28. The first-order valence-electron chi connectivity index (χ1n) is 25.1. The molecule has 0 unspecified atom stereocenters. The summed E-state index contributed by atoms with van der Waals surface area (Å²) in [6.07, 6.45) is 4.74. The first-order chi connectivity index (χ1) is 38.0. The van der Waals surface area contributed by atoms with Crippen LogP contribution in [0, 0.1) is 0 Å². The molecule has 0 aliphatic carbocycles. The van der Waals surface area contributed by atoms with Crippen molar-refractivity contribution in [2.24, 2.45) is 0 Å². The van der Waals surface area contributed by atoms with Gasteiger partial charge in [0, 0.05) is 44.8 Å². The lowest BCUT2D eigenvalue weighted by Crippen LogP contribution is -2.51. The van der Waals surface area contributed by atoms with E-state index in [1.807, 2.05) is 0 Å². The number of carbonyl (C=O) groups is 2. The van der Waals surface area contributed by atoms with Gasteiger partial charge in [-0.2, -0.15) is 4.31 Å². The highest BCUT2D eigenvalue weighted by Gasteiger charge is 2.39. The number of aromatic nitrogens is 8. The van der Waals surface area contributed by atoms with Gasteiger partial charge in [0.05, 0.1) is 57.1 Å². The van der Waals surface area contributed by atoms with Crippen molar-refractivity contribution in [3.8, 4) is 51.2 Å². The minimum absolute atomic E-state index is 0.0208. The first-order valence-corrected chi connectivity index (χ1v) is 28.0. The predicted octanol–water partition coefficient (Wildman–Crippen LogP) is 7.27. The molecule has 420 valence electrons. The molecule has 0 aliphatic heterocycles. The number of pyridine rings is 1. The van der Waals surface area contributed by atoms with Gasteiger partial charge in [0.1, 0.15) is 38.2 Å². The number of nitrogens with one attached hydrogen (secondary N) is 3. The second-order valence-electron chi connectivity index (χ2n) is 20.2. The van der Waals surface area contributed by atoms with Crippen molar-refractivity contribution < 1.29 is 50.1 Å². The molecule has 0 bridgehead atoms. The summed E-state index contributed by atoms with van der Waals surface area (Å²) in [4.78, 5) is 38.2. The van der Waals surface area contributed by atoms with Gasteiger partial charge < -0.3 is 34.3 Å². The number of sulfonamides is 2. The summed E-state index contributed by atoms with van der Waals surface area (Å²) < 4.78 is 98.6. The van der Waals surface area contributed by atoms with E-state index in [1.54, 1.807) is 156 Å². The zero-order valence-electron chi connectivity index (χ0n) is 45.6. The molecule has 4 aromatic carbocycles. The summed E-state index contributed by atoms with van der Waals surface area (Å²) in [5, 5.41) is 18.1. The van der Waals surface area contributed by atoms with Gasteiger partial charge in [-0.3, -0.25) is 9.38 Å². The third-order valence-corrected chi connectivity index (χ3v) is 15.6. The average Bonchev–Trinajstić information content (AvgIpc) is 4.23. The van der Waals surface area contributed by atoms with E-state index < -0.39 is 72.4 Å². The molecule has 80 heavy (non-hydrogen) atoms. The topological polar surface area (TPSA) is 275 Å². The highest BCUT2D eigenvalue weighted by Crippen LogP contribution is 2.43. The summed E-state index contributed by atoms with van der Waals surface area (Å²) in [5.41, 5.74) is 1.20. The quantitative estimate of drug-likeness (QED) is 0.0638. The number of imidazole rings is 1. The van der Waals surface area contributed by atoms with Gasteiger partial charge in [-0.15, -0.1) is 5.10 Å². The molecule has 25 heteroatoms. The summed E-state index contributed by atoms with van der Waals surface area (Å²) >= 11 is 0. The summed E-state index contributed by atoms with van der Waals surface area (Å²) in [5.74, 6) is 1.89. The van der Waals surface area contributed by atoms with Gasteiger partial charge in [0.15, 0.2) is 5.82 Å². The minimum atomic E-state index is -5.13. The van der Waals surface area contributed by atoms with Crippen molar-refractivity contribution >= 4 is 38.0 Å². The van der Waals surface area contributed by atoms with Crippen LogP contribution >= 0.6 is 0 Å². The van der Waals surface area contributed by atoms with Gasteiger partial charge in [-0.1, -0.05) is 42.5 Å². The average molecular weight is 1130 g/mol. The Morgan fingerprint density at radius 3 is 1.76 bits per heavy atom. The number of ether oxygens (including phenoxy) is 5. The van der Waals surface area contributed by atoms with Crippen LogP contribution in [0.25, 0.3) is 39.7 Å². The number of amides is 2. The monoisotopic (exact) mass is 1130 g/mol. The zero-order chi connectivity index (χ0) is 57.4. The van der Waals surface area contributed by atoms with E-state index >= 15 is 16.8 Å². The van der Waals surface area contributed by atoms with E-state index in [0.29, 0.717) is 56.7 Å². The summed E-state index contributed by atoms with van der Waals surface area (Å²) in [6.45, 7) is 8.46. The molecule has 0 saturated carbocycles. The Bertz CT molecular complexity index is 3610. The maximum atomic E-state index is 16.6. The molecule has 3 N–H and O–H groups in total. The van der Waals surface area contributed by atoms with E-state index in [1.165, 1.54) is 44.3 Å². The van der Waals surface area contributed by atoms with E-state index in [-0.39, 0.29) is 36.6 Å². The first kappa shape index (κ1) is 57.6. The number of hydrogen-bond acceptors (Lipinski definition) is 17. The van der Waals surface area contributed by atoms with Crippen molar-refractivity contribution in [2.45, 2.75) is 88.2 Å². The Morgan fingerprint density at radius 2 is 1.23 bits per heavy atom. The predicted molar refractivity (Wildman–Crippen MR) is 296 cm³/mol. The Labute approximate surface area is 463 Å². The van der Waals surface area contributed by atoms with Crippen molar-refractivity contribution in [3.63, 3.8) is 0 Å². The summed E-state index contributed by atoms with van der Waals surface area (Å²) in [7, 11) is -5.67. The number of methoxy groups -OCH3 is 3. The molecule has 0 spiro atoms. The molecule has 8 aromatic rings. The molecule has 4 aromatic heterocycles. The Morgan fingerprint density at radius 1 is 0.675 bits per heavy atom. The Hall–Kier alpha value is -8.52. The molecule has 0 fully saturated rings. The molecular weight excluding hydrogens is 1070 g/mol. The molecular formula is C55H62N12O11S2. The van der Waals surface area contributed by atoms with Gasteiger partial charge in [-0.25, -0.2) is 45.8 Å². The fourth-order valence-corrected chi connectivity index (χ4v) is 12.0. The largest absolute Gasteiger partial charge is 0.497 e. The maximum Gasteiger partial charge on any atom is 0.407 e. The van der Waals surface area contributed by atoms with Crippen LogP contribution in [0.5, 0.6) is 17.2 Å². The zero-order valence-corrected chi connectivity index (χ0v) is 47.2. The molecule has 0 aliphatic rings. The van der Waals surface area contributed by atoms with Gasteiger partial charge in [0.2, 0.25) is 25.8 Å². The number of alkyl carbamates (subject to hydrolysis) is 2. The molecule has 23 nitrogen and oxygen atoms in total. The third kappa shape index (κ3) is 14.2. The molecule has 8 rings (SSSR count). The number of fused-ring (bicyclic) bond motifs is 1. The Kier molecular flexibility index (Phi) is 17.5. The number of nitrogens with zero attached hydrogens (tertiary/aromatic N) is 9. The standard InChI is InChI=1S/C55H62N12O11S2/c1-54(2,3)77-52(68)59-30-40(31-60-53(69)78-55(4,5)6)62-79(70,71)47-24-23-44(39-25-27-56-45(29-39)46-32-58-51-57-26-10-28-66(46)51)48(50-61-63-64-67(50)35-38-15-21-43(76-9)22-16-38)49(47)80(72,73)65(33-36-11-17-41(74-7)18-12-36)34-37-13-19-42(75-8)20-14-37/h10-29,32,40,62H,30-31,33-35H2,1-9H3,(H,59,68)(H,60,69).